The third kappa shape index (κ3) is 4.32. The summed E-state index contributed by atoms with van der Waals surface area (Å²) in [7, 11) is 0. The maximum atomic E-state index is 6.11. The second kappa shape index (κ2) is 7.18. The van der Waals surface area contributed by atoms with Gasteiger partial charge < -0.3 is 15.8 Å². The van der Waals surface area contributed by atoms with Gasteiger partial charge >= 0.3 is 0 Å². The predicted octanol–water partition coefficient (Wildman–Crippen LogP) is 3.91. The smallest absolute Gasteiger partial charge is 0.189 e. The molecule has 0 saturated carbocycles. The highest BCUT2D eigenvalue weighted by Gasteiger charge is 2.21. The monoisotopic (exact) mass is 337 g/mol. The van der Waals surface area contributed by atoms with E-state index in [4.69, 9.17) is 10.5 Å². The van der Waals surface area contributed by atoms with Gasteiger partial charge in [0, 0.05) is 12.0 Å². The first kappa shape index (κ1) is 17.3. The molecule has 0 aliphatic carbocycles. The van der Waals surface area contributed by atoms with Crippen LogP contribution in [-0.4, -0.2) is 12.6 Å². The van der Waals surface area contributed by atoms with Crippen LogP contribution in [0, 0.1) is 0 Å². The molecule has 0 spiro atoms. The molecule has 4 nitrogen and oxygen atoms in total. The number of nitrogens with zero attached hydrogens (tertiary/aromatic N) is 1. The van der Waals surface area contributed by atoms with Crippen molar-refractivity contribution in [3.8, 4) is 5.75 Å². The molecule has 0 saturated heterocycles. The summed E-state index contributed by atoms with van der Waals surface area (Å²) in [5, 5.41) is 3.33. The van der Waals surface area contributed by atoms with Gasteiger partial charge in [-0.3, -0.25) is 0 Å². The Morgan fingerprint density at radius 1 is 1.16 bits per heavy atom. The number of nitrogens with one attached hydrogen (secondary N) is 1. The Hall–Kier alpha value is -2.49. The minimum Gasteiger partial charge on any atom is -0.493 e. The molecule has 2 aromatic carbocycles. The Bertz CT molecular complexity index is 744. The minimum atomic E-state index is 0.150. The Morgan fingerprint density at radius 2 is 1.88 bits per heavy atom. The summed E-state index contributed by atoms with van der Waals surface area (Å²) in [6, 6.07) is 16.8. The lowest BCUT2D eigenvalue weighted by atomic mass is 9.87. The number of benzene rings is 2. The first-order valence-corrected chi connectivity index (χ1v) is 8.81. The van der Waals surface area contributed by atoms with Crippen LogP contribution in [0.2, 0.25) is 0 Å². The second-order valence-electron chi connectivity index (χ2n) is 7.52. The van der Waals surface area contributed by atoms with E-state index in [0.29, 0.717) is 19.1 Å². The van der Waals surface area contributed by atoms with E-state index in [2.05, 4.69) is 61.4 Å². The second-order valence-corrected chi connectivity index (χ2v) is 7.52. The van der Waals surface area contributed by atoms with Crippen LogP contribution < -0.4 is 15.8 Å². The van der Waals surface area contributed by atoms with Crippen molar-refractivity contribution >= 4 is 5.96 Å². The lowest BCUT2D eigenvalue weighted by molar-refractivity contribution is 0.262. The largest absolute Gasteiger partial charge is 0.493 e. The normalized spacial score (nSPS) is 17.6. The molecule has 132 valence electrons. The van der Waals surface area contributed by atoms with E-state index < -0.39 is 0 Å². The zero-order chi connectivity index (χ0) is 17.9. The van der Waals surface area contributed by atoms with Crippen molar-refractivity contribution in [3.63, 3.8) is 0 Å². The van der Waals surface area contributed by atoms with Gasteiger partial charge in [-0.15, -0.1) is 0 Å². The fourth-order valence-electron chi connectivity index (χ4n) is 3.00. The molecule has 1 unspecified atom stereocenters. The molecule has 1 atom stereocenters. The Balaban J connectivity index is 1.63. The average Bonchev–Trinajstić information content (AvgIpc) is 2.60. The van der Waals surface area contributed by atoms with E-state index in [9.17, 15) is 0 Å². The Morgan fingerprint density at radius 3 is 2.60 bits per heavy atom. The van der Waals surface area contributed by atoms with Gasteiger partial charge in [0.05, 0.1) is 19.2 Å². The Labute approximate surface area is 150 Å². The summed E-state index contributed by atoms with van der Waals surface area (Å²) in [5.41, 5.74) is 9.89. The van der Waals surface area contributed by atoms with E-state index >= 15 is 0 Å². The van der Waals surface area contributed by atoms with Crippen LogP contribution in [0.25, 0.3) is 0 Å². The van der Waals surface area contributed by atoms with Crippen molar-refractivity contribution in [2.24, 2.45) is 10.7 Å². The molecule has 0 radical (unpaired) electrons. The molecule has 0 fully saturated rings. The predicted molar refractivity (Wildman–Crippen MR) is 103 cm³/mol. The number of aliphatic imine (C=N–C) groups is 1. The number of nitrogens with two attached hydrogens (primary N) is 1. The van der Waals surface area contributed by atoms with E-state index in [0.717, 1.165) is 23.3 Å². The lowest BCUT2D eigenvalue weighted by Gasteiger charge is -2.26. The number of rotatable bonds is 3. The van der Waals surface area contributed by atoms with Crippen molar-refractivity contribution in [1.82, 2.24) is 5.32 Å². The van der Waals surface area contributed by atoms with Crippen molar-refractivity contribution < 1.29 is 4.74 Å². The van der Waals surface area contributed by atoms with Gasteiger partial charge in [-0.25, -0.2) is 4.99 Å². The standard InChI is InChI=1S/C21H27N3O/c1-21(2,3)16-10-8-15(9-11-16)14-23-20(22)24-18-12-13-25-19-7-5-4-6-17(18)19/h4-11,18H,12-14H2,1-3H3,(H3,22,23,24). The summed E-state index contributed by atoms with van der Waals surface area (Å²) in [4.78, 5) is 4.50. The molecule has 0 bridgehead atoms. The number of ether oxygens (including phenoxy) is 1. The topological polar surface area (TPSA) is 59.6 Å². The molecular weight excluding hydrogens is 310 g/mol. The fourth-order valence-corrected chi connectivity index (χ4v) is 3.00. The fraction of sp³-hybridized carbons (Fsp3) is 0.381. The number of hydrogen-bond donors (Lipinski definition) is 2. The summed E-state index contributed by atoms with van der Waals surface area (Å²) in [6.45, 7) is 7.92. The number of fused-ring (bicyclic) bond motifs is 1. The Kier molecular flexibility index (Phi) is 4.98. The van der Waals surface area contributed by atoms with Crippen LogP contribution >= 0.6 is 0 Å². The SMILES string of the molecule is CC(C)(C)c1ccc(CN=C(N)NC2CCOc3ccccc32)cc1. The van der Waals surface area contributed by atoms with Crippen LogP contribution in [0.15, 0.2) is 53.5 Å². The first-order valence-electron chi connectivity index (χ1n) is 8.81. The van der Waals surface area contributed by atoms with Gasteiger partial charge in [-0.05, 0) is 22.6 Å². The molecular formula is C21H27N3O. The number of hydrogen-bond acceptors (Lipinski definition) is 2. The third-order valence-electron chi connectivity index (χ3n) is 4.53. The lowest BCUT2D eigenvalue weighted by Crippen LogP contribution is -2.37. The summed E-state index contributed by atoms with van der Waals surface area (Å²) < 4.78 is 5.68. The summed E-state index contributed by atoms with van der Waals surface area (Å²) in [6.07, 6.45) is 0.882. The van der Waals surface area contributed by atoms with E-state index in [1.165, 1.54) is 5.56 Å². The van der Waals surface area contributed by atoms with Gasteiger partial charge in [-0.2, -0.15) is 0 Å². The van der Waals surface area contributed by atoms with Gasteiger partial charge in [0.1, 0.15) is 5.75 Å². The number of para-hydroxylation sites is 1. The highest BCUT2D eigenvalue weighted by molar-refractivity contribution is 5.78. The number of guanidine groups is 1. The maximum Gasteiger partial charge on any atom is 0.189 e. The minimum absolute atomic E-state index is 0.150. The van der Waals surface area contributed by atoms with Crippen LogP contribution in [-0.2, 0) is 12.0 Å². The summed E-state index contributed by atoms with van der Waals surface area (Å²) >= 11 is 0. The summed E-state index contributed by atoms with van der Waals surface area (Å²) in [5.74, 6) is 1.40. The molecule has 1 aliphatic rings. The van der Waals surface area contributed by atoms with Crippen LogP contribution in [0.4, 0.5) is 0 Å². The van der Waals surface area contributed by atoms with Crippen LogP contribution in [0.3, 0.4) is 0 Å². The van der Waals surface area contributed by atoms with Gasteiger partial charge in [0.2, 0.25) is 0 Å². The van der Waals surface area contributed by atoms with E-state index in [1.54, 1.807) is 0 Å². The molecule has 2 aromatic rings. The zero-order valence-electron chi connectivity index (χ0n) is 15.3. The molecule has 0 aromatic heterocycles. The van der Waals surface area contributed by atoms with Crippen molar-refractivity contribution in [1.29, 1.82) is 0 Å². The van der Waals surface area contributed by atoms with E-state index in [1.807, 2.05) is 18.2 Å². The maximum absolute atomic E-state index is 6.11. The molecule has 4 heteroatoms. The highest BCUT2D eigenvalue weighted by Crippen LogP contribution is 2.31. The average molecular weight is 337 g/mol. The molecule has 1 heterocycles. The molecule has 3 N–H and O–H groups in total. The van der Waals surface area contributed by atoms with Gasteiger partial charge in [-0.1, -0.05) is 63.2 Å². The van der Waals surface area contributed by atoms with E-state index in [-0.39, 0.29) is 11.5 Å². The third-order valence-corrected chi connectivity index (χ3v) is 4.53. The zero-order valence-corrected chi connectivity index (χ0v) is 15.3. The quantitative estimate of drug-likeness (QED) is 0.659. The van der Waals surface area contributed by atoms with Gasteiger partial charge in [0.15, 0.2) is 5.96 Å². The van der Waals surface area contributed by atoms with Crippen molar-refractivity contribution in [2.75, 3.05) is 6.61 Å². The van der Waals surface area contributed by atoms with Crippen molar-refractivity contribution in [3.05, 3.63) is 65.2 Å². The van der Waals surface area contributed by atoms with Gasteiger partial charge in [0.25, 0.3) is 0 Å². The molecule has 1 aliphatic heterocycles. The highest BCUT2D eigenvalue weighted by atomic mass is 16.5. The van der Waals surface area contributed by atoms with Crippen molar-refractivity contribution in [2.45, 2.75) is 45.2 Å². The molecule has 3 rings (SSSR count). The van der Waals surface area contributed by atoms with Crippen LogP contribution in [0.1, 0.15) is 49.9 Å². The molecule has 0 amide bonds. The van der Waals surface area contributed by atoms with Crippen LogP contribution in [0.5, 0.6) is 5.75 Å². The molecule has 25 heavy (non-hydrogen) atoms. The first-order chi connectivity index (χ1) is 11.9.